The number of aryl methyl sites for hydroxylation is 2. The van der Waals surface area contributed by atoms with E-state index in [0.29, 0.717) is 61.6 Å². The monoisotopic (exact) mass is 605 g/mol. The van der Waals surface area contributed by atoms with Gasteiger partial charge in [0.15, 0.2) is 11.5 Å². The number of aromatic amines is 1. The minimum Gasteiger partial charge on any atom is -0.493 e. The van der Waals surface area contributed by atoms with Crippen LogP contribution in [0.15, 0.2) is 27.9 Å². The zero-order chi connectivity index (χ0) is 31.2. The Hall–Kier alpha value is -4.02. The van der Waals surface area contributed by atoms with Gasteiger partial charge in [-0.1, -0.05) is 13.3 Å². The second kappa shape index (κ2) is 13.8. The molecule has 1 aliphatic heterocycles. The van der Waals surface area contributed by atoms with Crippen molar-refractivity contribution in [2.45, 2.75) is 31.6 Å². The van der Waals surface area contributed by atoms with Crippen LogP contribution in [0.4, 0.5) is 0 Å². The molecule has 0 spiro atoms. The predicted octanol–water partition coefficient (Wildman–Crippen LogP) is 0.507. The number of hydrogen-bond donors (Lipinski definition) is 4. The Morgan fingerprint density at radius 2 is 1.88 bits per heavy atom. The molecule has 5 N–H and O–H groups in total. The maximum absolute atomic E-state index is 13.3. The number of carboxylic acid groups (broad SMARTS) is 1. The molecule has 1 saturated heterocycles. The fourth-order valence-electron chi connectivity index (χ4n) is 4.38. The molecule has 2 aromatic heterocycles. The summed E-state index contributed by atoms with van der Waals surface area (Å²) in [5.41, 5.74) is 6.68. The van der Waals surface area contributed by atoms with Crippen LogP contribution in [0.2, 0.25) is 0 Å². The van der Waals surface area contributed by atoms with Crippen LogP contribution in [-0.2, 0) is 28.3 Å². The molecule has 230 valence electrons. The van der Waals surface area contributed by atoms with E-state index in [9.17, 15) is 18.0 Å². The van der Waals surface area contributed by atoms with Crippen LogP contribution in [0.1, 0.15) is 26.0 Å². The van der Waals surface area contributed by atoms with Crippen LogP contribution < -0.4 is 16.0 Å². The van der Waals surface area contributed by atoms with Gasteiger partial charge in [-0.3, -0.25) is 19.7 Å². The number of fused-ring (bicyclic) bond motifs is 1. The summed E-state index contributed by atoms with van der Waals surface area (Å²) >= 11 is 0. The summed E-state index contributed by atoms with van der Waals surface area (Å²) in [6.45, 7) is 6.25. The van der Waals surface area contributed by atoms with E-state index in [4.69, 9.17) is 26.0 Å². The van der Waals surface area contributed by atoms with Crippen molar-refractivity contribution in [3.8, 4) is 17.1 Å². The lowest BCUT2D eigenvalue weighted by Crippen LogP contribution is -2.47. The number of piperazine rings is 1. The summed E-state index contributed by atoms with van der Waals surface area (Å²) in [6.07, 6.45) is 1.54. The number of carboxylic acids is 1. The summed E-state index contributed by atoms with van der Waals surface area (Å²) in [7, 11) is 1.43. The third-order valence-electron chi connectivity index (χ3n) is 6.64. The van der Waals surface area contributed by atoms with Gasteiger partial charge in [-0.05, 0) is 38.6 Å². The number of sulfonamides is 1. The molecule has 3 aromatic rings. The van der Waals surface area contributed by atoms with Crippen LogP contribution in [0.3, 0.4) is 0 Å². The lowest BCUT2D eigenvalue weighted by molar-refractivity contribution is -0.137. The SMILES string of the molecule is CCCc1nn(C)c2c(=O)[nH]c(-c3cc(S(=O)(=O)N4CCN(C)CC4)ccc3OCC)nc12.CN(CC(=O)O)C(=N)N. The normalized spacial score (nSPS) is 14.3. The van der Waals surface area contributed by atoms with Crippen LogP contribution in [0.25, 0.3) is 22.4 Å². The number of benzene rings is 1. The molecule has 0 radical (unpaired) electrons. The number of H-pyrrole nitrogens is 1. The van der Waals surface area contributed by atoms with Crippen molar-refractivity contribution in [1.29, 1.82) is 5.41 Å². The summed E-state index contributed by atoms with van der Waals surface area (Å²) in [6, 6.07) is 4.71. The average Bonchev–Trinajstić information content (AvgIpc) is 3.24. The van der Waals surface area contributed by atoms with Gasteiger partial charge in [0.25, 0.3) is 5.56 Å². The number of carbonyl (C=O) groups is 1. The van der Waals surface area contributed by atoms with Gasteiger partial charge in [0.05, 0.1) is 22.8 Å². The van der Waals surface area contributed by atoms with Crippen LogP contribution in [0.5, 0.6) is 5.75 Å². The minimum absolute atomic E-state index is 0.147. The van der Waals surface area contributed by atoms with Crippen molar-refractivity contribution in [1.82, 2.24) is 33.9 Å². The van der Waals surface area contributed by atoms with Crippen molar-refractivity contribution >= 4 is 33.0 Å². The standard InChI is InChI=1S/C22H30N6O4S.C4H9N3O2/c1-5-7-17-19-20(27(4)25-17)22(29)24-21(23-19)16-14-15(8-9-18(16)32-6-2)33(30,31)28-12-10-26(3)11-13-28;1-7(4(5)6)2-3(8)9/h8-9,14H,5-7,10-13H2,1-4H3,(H,23,24,29);2H2,1H3,(H3,5,6)(H,8,9). The van der Waals surface area contributed by atoms with Crippen molar-refractivity contribution in [3.05, 3.63) is 34.2 Å². The van der Waals surface area contributed by atoms with Gasteiger partial charge in [-0.2, -0.15) is 9.40 Å². The molecule has 0 aliphatic carbocycles. The first-order chi connectivity index (χ1) is 19.8. The summed E-state index contributed by atoms with van der Waals surface area (Å²) in [4.78, 5) is 33.7. The van der Waals surface area contributed by atoms with Gasteiger partial charge in [-0.25, -0.2) is 13.4 Å². The fraction of sp³-hybridized carbons (Fsp3) is 0.500. The van der Waals surface area contributed by atoms with Crippen LogP contribution >= 0.6 is 0 Å². The Kier molecular flexibility index (Phi) is 10.6. The zero-order valence-electron chi connectivity index (χ0n) is 24.5. The molecular formula is C26H39N9O6S. The first-order valence-electron chi connectivity index (χ1n) is 13.5. The molecule has 42 heavy (non-hydrogen) atoms. The van der Waals surface area contributed by atoms with Crippen molar-refractivity contribution in [3.63, 3.8) is 0 Å². The van der Waals surface area contributed by atoms with Gasteiger partial charge in [0.2, 0.25) is 10.0 Å². The number of aromatic nitrogens is 4. The van der Waals surface area contributed by atoms with E-state index >= 15 is 0 Å². The van der Waals surface area contributed by atoms with Crippen molar-refractivity contribution in [2.75, 3.05) is 53.4 Å². The quantitative estimate of drug-likeness (QED) is 0.195. The molecule has 1 aliphatic rings. The van der Waals surface area contributed by atoms with E-state index in [1.807, 2.05) is 20.9 Å². The van der Waals surface area contributed by atoms with Crippen molar-refractivity contribution in [2.24, 2.45) is 12.8 Å². The molecule has 4 rings (SSSR count). The molecule has 0 unspecified atom stereocenters. The van der Waals surface area contributed by atoms with Crippen LogP contribution in [0, 0.1) is 5.41 Å². The molecule has 15 nitrogen and oxygen atoms in total. The number of nitrogens with zero attached hydrogens (tertiary/aromatic N) is 6. The zero-order valence-corrected chi connectivity index (χ0v) is 25.4. The fourth-order valence-corrected chi connectivity index (χ4v) is 5.83. The van der Waals surface area contributed by atoms with Gasteiger partial charge in [-0.15, -0.1) is 0 Å². The van der Waals surface area contributed by atoms with E-state index in [1.165, 1.54) is 16.0 Å². The number of likely N-dealkylation sites (N-methyl/N-ethyl adjacent to an activating group) is 2. The molecule has 0 amide bonds. The maximum Gasteiger partial charge on any atom is 0.323 e. The van der Waals surface area contributed by atoms with E-state index < -0.39 is 16.0 Å². The Morgan fingerprint density at radius 3 is 2.43 bits per heavy atom. The van der Waals surface area contributed by atoms with Crippen molar-refractivity contribution < 1.29 is 23.1 Å². The Morgan fingerprint density at radius 1 is 1.21 bits per heavy atom. The molecule has 16 heteroatoms. The number of aliphatic carboxylic acids is 1. The molecule has 1 aromatic carbocycles. The average molecular weight is 606 g/mol. The molecule has 0 bridgehead atoms. The Balaban J connectivity index is 0.000000467. The molecule has 1 fully saturated rings. The number of rotatable bonds is 9. The minimum atomic E-state index is -3.70. The number of ether oxygens (including phenoxy) is 1. The Bertz CT molecular complexity index is 1590. The largest absolute Gasteiger partial charge is 0.493 e. The highest BCUT2D eigenvalue weighted by Crippen LogP contribution is 2.32. The number of nitrogens with two attached hydrogens (primary N) is 1. The highest BCUT2D eigenvalue weighted by atomic mass is 32.2. The van der Waals surface area contributed by atoms with E-state index in [2.05, 4.69) is 15.0 Å². The summed E-state index contributed by atoms with van der Waals surface area (Å²) in [5, 5.41) is 19.3. The van der Waals surface area contributed by atoms with E-state index in [0.717, 1.165) is 17.0 Å². The van der Waals surface area contributed by atoms with Gasteiger partial charge < -0.3 is 30.4 Å². The molecular weight excluding hydrogens is 566 g/mol. The Labute approximate surface area is 244 Å². The predicted molar refractivity (Wildman–Crippen MR) is 158 cm³/mol. The smallest absolute Gasteiger partial charge is 0.323 e. The third-order valence-corrected chi connectivity index (χ3v) is 8.53. The van der Waals surface area contributed by atoms with E-state index in [-0.39, 0.29) is 28.8 Å². The number of nitrogens with one attached hydrogen (secondary N) is 2. The lowest BCUT2D eigenvalue weighted by Gasteiger charge is -2.31. The maximum atomic E-state index is 13.3. The summed E-state index contributed by atoms with van der Waals surface area (Å²) < 4.78 is 35.4. The highest BCUT2D eigenvalue weighted by molar-refractivity contribution is 7.89. The number of hydrogen-bond acceptors (Lipinski definition) is 9. The highest BCUT2D eigenvalue weighted by Gasteiger charge is 2.29. The first-order valence-corrected chi connectivity index (χ1v) is 14.9. The van der Waals surface area contributed by atoms with Gasteiger partial charge >= 0.3 is 5.97 Å². The van der Waals surface area contributed by atoms with Gasteiger partial charge in [0, 0.05) is 40.3 Å². The van der Waals surface area contributed by atoms with E-state index in [1.54, 1.807) is 25.2 Å². The molecule has 0 saturated carbocycles. The molecule has 3 heterocycles. The number of guanidine groups is 1. The van der Waals surface area contributed by atoms with Crippen LogP contribution in [-0.4, -0.2) is 113 Å². The summed E-state index contributed by atoms with van der Waals surface area (Å²) in [5.74, 6) is -0.514. The second-order valence-electron chi connectivity index (χ2n) is 9.87. The van der Waals surface area contributed by atoms with Gasteiger partial charge in [0.1, 0.15) is 23.6 Å². The second-order valence-corrected chi connectivity index (χ2v) is 11.8. The molecule has 0 atom stereocenters. The first kappa shape index (κ1) is 32.5. The third kappa shape index (κ3) is 7.43. The topological polar surface area (TPSA) is 204 Å². The lowest BCUT2D eigenvalue weighted by atomic mass is 10.1.